The number of methoxy groups -OCH3 is 2. The first-order valence-corrected chi connectivity index (χ1v) is 7.29. The highest BCUT2D eigenvalue weighted by molar-refractivity contribution is 9.10. The second-order valence-corrected chi connectivity index (χ2v) is 5.51. The summed E-state index contributed by atoms with van der Waals surface area (Å²) in [5.74, 6) is 0.559. The Bertz CT molecular complexity index is 576. The van der Waals surface area contributed by atoms with Crippen molar-refractivity contribution < 1.29 is 19.1 Å². The number of nitrogens with zero attached hydrogens (tertiary/aromatic N) is 1. The minimum atomic E-state index is -0.513. The average molecular weight is 357 g/mol. The molecule has 1 atom stereocenters. The largest absolute Gasteiger partial charge is 0.497 e. The molecule has 1 heterocycles. The average Bonchev–Trinajstić information content (AvgIpc) is 2.48. The van der Waals surface area contributed by atoms with Crippen molar-refractivity contribution in [1.82, 2.24) is 10.2 Å². The van der Waals surface area contributed by atoms with E-state index < -0.39 is 6.04 Å². The third-order valence-corrected chi connectivity index (χ3v) is 4.04. The maximum Gasteiger partial charge on any atom is 0.258 e. The van der Waals surface area contributed by atoms with Crippen molar-refractivity contribution >= 4 is 27.7 Å². The number of rotatable bonds is 3. The van der Waals surface area contributed by atoms with E-state index in [1.165, 1.54) is 19.1 Å². The molecule has 114 valence electrons. The van der Waals surface area contributed by atoms with Gasteiger partial charge in [-0.2, -0.15) is 0 Å². The highest BCUT2D eigenvalue weighted by Crippen LogP contribution is 2.34. The van der Waals surface area contributed by atoms with E-state index in [-0.39, 0.29) is 11.8 Å². The second kappa shape index (κ2) is 6.34. The summed E-state index contributed by atoms with van der Waals surface area (Å²) in [5.41, 5.74) is 0.366. The molecule has 2 amide bonds. The predicted molar refractivity (Wildman–Crippen MR) is 80.8 cm³/mol. The van der Waals surface area contributed by atoms with Crippen molar-refractivity contribution in [3.8, 4) is 11.5 Å². The van der Waals surface area contributed by atoms with E-state index in [1.807, 2.05) is 0 Å². The third kappa shape index (κ3) is 2.97. The van der Waals surface area contributed by atoms with E-state index in [9.17, 15) is 9.59 Å². The molecule has 1 fully saturated rings. The second-order valence-electron chi connectivity index (χ2n) is 4.66. The van der Waals surface area contributed by atoms with Gasteiger partial charge in [-0.25, -0.2) is 0 Å². The van der Waals surface area contributed by atoms with Crippen LogP contribution in [0.4, 0.5) is 0 Å². The molecule has 0 radical (unpaired) electrons. The molecule has 1 N–H and O–H groups in total. The summed E-state index contributed by atoms with van der Waals surface area (Å²) < 4.78 is 11.1. The van der Waals surface area contributed by atoms with Gasteiger partial charge in [0.1, 0.15) is 17.5 Å². The van der Waals surface area contributed by atoms with Crippen LogP contribution in [-0.2, 0) is 4.79 Å². The van der Waals surface area contributed by atoms with E-state index in [4.69, 9.17) is 9.47 Å². The van der Waals surface area contributed by atoms with Crippen LogP contribution in [0.1, 0.15) is 17.3 Å². The lowest BCUT2D eigenvalue weighted by molar-refractivity contribution is -0.127. The number of hydrogen-bond acceptors (Lipinski definition) is 4. The number of piperazine rings is 1. The fourth-order valence-electron chi connectivity index (χ4n) is 2.27. The quantitative estimate of drug-likeness (QED) is 0.889. The number of ether oxygens (including phenoxy) is 2. The first-order chi connectivity index (χ1) is 9.99. The Kier molecular flexibility index (Phi) is 4.72. The van der Waals surface area contributed by atoms with E-state index >= 15 is 0 Å². The van der Waals surface area contributed by atoms with Crippen molar-refractivity contribution in [2.45, 2.75) is 13.0 Å². The first-order valence-electron chi connectivity index (χ1n) is 6.49. The molecule has 0 aliphatic carbocycles. The molecule has 7 heteroatoms. The molecule has 1 saturated heterocycles. The zero-order valence-corrected chi connectivity index (χ0v) is 13.7. The van der Waals surface area contributed by atoms with Gasteiger partial charge in [-0.15, -0.1) is 0 Å². The molecular formula is C14H17BrN2O4. The van der Waals surface area contributed by atoms with Gasteiger partial charge in [-0.3, -0.25) is 9.59 Å². The molecule has 1 aromatic carbocycles. The summed E-state index contributed by atoms with van der Waals surface area (Å²) in [5, 5.41) is 2.73. The fourth-order valence-corrected chi connectivity index (χ4v) is 2.87. The maximum absolute atomic E-state index is 12.7. The molecule has 1 aliphatic heterocycles. The number of halogens is 1. The molecule has 1 aliphatic rings. The van der Waals surface area contributed by atoms with Crippen LogP contribution in [0.15, 0.2) is 16.6 Å². The van der Waals surface area contributed by atoms with Crippen molar-refractivity contribution in [3.63, 3.8) is 0 Å². The topological polar surface area (TPSA) is 67.9 Å². The van der Waals surface area contributed by atoms with Crippen LogP contribution in [0.25, 0.3) is 0 Å². The molecule has 0 bridgehead atoms. The minimum absolute atomic E-state index is 0.157. The van der Waals surface area contributed by atoms with Crippen molar-refractivity contribution in [2.24, 2.45) is 0 Å². The van der Waals surface area contributed by atoms with Crippen molar-refractivity contribution in [1.29, 1.82) is 0 Å². The van der Waals surface area contributed by atoms with Gasteiger partial charge in [0.2, 0.25) is 5.91 Å². The Morgan fingerprint density at radius 2 is 2.10 bits per heavy atom. The summed E-state index contributed by atoms with van der Waals surface area (Å²) in [7, 11) is 3.02. The molecule has 0 aromatic heterocycles. The van der Waals surface area contributed by atoms with Gasteiger partial charge in [0.05, 0.1) is 24.3 Å². The molecule has 21 heavy (non-hydrogen) atoms. The standard InChI is InChI=1S/C14H17BrN2O4/c1-8-13(18)16-4-5-17(8)14(19)10-6-9(20-2)7-11(15)12(10)21-3/h6-8H,4-5H2,1-3H3,(H,16,18). The van der Waals surface area contributed by atoms with Gasteiger partial charge in [0, 0.05) is 13.1 Å². The summed E-state index contributed by atoms with van der Waals surface area (Å²) in [6.07, 6.45) is 0. The van der Waals surface area contributed by atoms with Gasteiger partial charge in [0.15, 0.2) is 0 Å². The van der Waals surface area contributed by atoms with Crippen LogP contribution in [0.5, 0.6) is 11.5 Å². The Hall–Kier alpha value is -1.76. The molecule has 2 rings (SSSR count). The lowest BCUT2D eigenvalue weighted by Gasteiger charge is -2.33. The van der Waals surface area contributed by atoms with E-state index in [0.29, 0.717) is 34.6 Å². The van der Waals surface area contributed by atoms with Gasteiger partial charge < -0.3 is 19.7 Å². The molecule has 0 saturated carbocycles. The highest BCUT2D eigenvalue weighted by atomic mass is 79.9. The lowest BCUT2D eigenvalue weighted by Crippen LogP contribution is -2.55. The Morgan fingerprint density at radius 3 is 2.71 bits per heavy atom. The Morgan fingerprint density at radius 1 is 1.38 bits per heavy atom. The number of benzene rings is 1. The van der Waals surface area contributed by atoms with E-state index in [2.05, 4.69) is 21.2 Å². The lowest BCUT2D eigenvalue weighted by atomic mass is 10.1. The van der Waals surface area contributed by atoms with Crippen LogP contribution in [-0.4, -0.2) is 50.1 Å². The SMILES string of the molecule is COc1cc(Br)c(OC)c(C(=O)N2CCNC(=O)C2C)c1. The first kappa shape index (κ1) is 15.6. The van der Waals surface area contributed by atoms with Gasteiger partial charge in [0.25, 0.3) is 5.91 Å². The highest BCUT2D eigenvalue weighted by Gasteiger charge is 2.32. The number of nitrogens with one attached hydrogen (secondary N) is 1. The third-order valence-electron chi connectivity index (χ3n) is 3.45. The summed E-state index contributed by atoms with van der Waals surface area (Å²) >= 11 is 3.36. The zero-order valence-electron chi connectivity index (χ0n) is 12.1. The van der Waals surface area contributed by atoms with Crippen LogP contribution in [0.2, 0.25) is 0 Å². The number of carbonyl (C=O) groups excluding carboxylic acids is 2. The van der Waals surface area contributed by atoms with Crippen molar-refractivity contribution in [3.05, 3.63) is 22.2 Å². The Labute approximate surface area is 131 Å². The molecule has 6 nitrogen and oxygen atoms in total. The smallest absolute Gasteiger partial charge is 0.258 e. The summed E-state index contributed by atoms with van der Waals surface area (Å²) in [4.78, 5) is 26.0. The zero-order chi connectivity index (χ0) is 15.6. The van der Waals surface area contributed by atoms with E-state index in [1.54, 1.807) is 19.1 Å². The normalized spacial score (nSPS) is 18.2. The summed E-state index contributed by atoms with van der Waals surface area (Å²) in [6, 6.07) is 2.83. The summed E-state index contributed by atoms with van der Waals surface area (Å²) in [6.45, 7) is 2.61. The van der Waals surface area contributed by atoms with Crippen LogP contribution in [0, 0.1) is 0 Å². The number of amides is 2. The van der Waals surface area contributed by atoms with Crippen LogP contribution < -0.4 is 14.8 Å². The fraction of sp³-hybridized carbons (Fsp3) is 0.429. The van der Waals surface area contributed by atoms with Gasteiger partial charge in [-0.1, -0.05) is 0 Å². The molecular weight excluding hydrogens is 340 g/mol. The van der Waals surface area contributed by atoms with Crippen molar-refractivity contribution in [2.75, 3.05) is 27.3 Å². The van der Waals surface area contributed by atoms with Gasteiger partial charge >= 0.3 is 0 Å². The molecule has 1 aromatic rings. The minimum Gasteiger partial charge on any atom is -0.497 e. The molecule has 0 spiro atoms. The predicted octanol–water partition coefficient (Wildman–Crippen LogP) is 1.43. The van der Waals surface area contributed by atoms with Crippen LogP contribution >= 0.6 is 15.9 Å². The number of hydrogen-bond donors (Lipinski definition) is 1. The maximum atomic E-state index is 12.7. The van der Waals surface area contributed by atoms with Crippen LogP contribution in [0.3, 0.4) is 0 Å². The number of carbonyl (C=O) groups is 2. The monoisotopic (exact) mass is 356 g/mol. The van der Waals surface area contributed by atoms with Gasteiger partial charge in [-0.05, 0) is 35.0 Å². The Balaban J connectivity index is 2.42. The molecule has 1 unspecified atom stereocenters. The van der Waals surface area contributed by atoms with E-state index in [0.717, 1.165) is 0 Å².